The van der Waals surface area contributed by atoms with Crippen molar-refractivity contribution in [1.82, 2.24) is 10.6 Å². The zero-order valence-electron chi connectivity index (χ0n) is 11.3. The Bertz CT molecular complexity index is 408. The van der Waals surface area contributed by atoms with E-state index >= 15 is 0 Å². The second kappa shape index (κ2) is 7.53. The van der Waals surface area contributed by atoms with Crippen molar-refractivity contribution < 1.29 is 13.9 Å². The quantitative estimate of drug-likeness (QED) is 0.885. The predicted molar refractivity (Wildman–Crippen MR) is 74.6 cm³/mol. The van der Waals surface area contributed by atoms with Gasteiger partial charge in [-0.2, -0.15) is 0 Å². The summed E-state index contributed by atoms with van der Waals surface area (Å²) < 4.78 is 10.4. The molecule has 0 bridgehead atoms. The van der Waals surface area contributed by atoms with E-state index in [9.17, 15) is 4.79 Å². The van der Waals surface area contributed by atoms with Gasteiger partial charge >= 0.3 is 0 Å². The maximum absolute atomic E-state index is 12.0. The molecule has 19 heavy (non-hydrogen) atoms. The fourth-order valence-electron chi connectivity index (χ4n) is 2.20. The molecule has 0 aliphatic carbocycles. The van der Waals surface area contributed by atoms with Crippen LogP contribution in [0.25, 0.3) is 0 Å². The molecular formula is C13H21ClN2O3. The lowest BCUT2D eigenvalue weighted by molar-refractivity contribution is 0.0883. The van der Waals surface area contributed by atoms with Gasteiger partial charge in [0.2, 0.25) is 0 Å². The summed E-state index contributed by atoms with van der Waals surface area (Å²) in [6, 6.07) is 3.92. The van der Waals surface area contributed by atoms with Crippen molar-refractivity contribution in [2.75, 3.05) is 13.7 Å². The summed E-state index contributed by atoms with van der Waals surface area (Å²) in [6.07, 6.45) is 2.09. The maximum atomic E-state index is 12.0. The van der Waals surface area contributed by atoms with E-state index in [4.69, 9.17) is 9.15 Å². The fourth-order valence-corrected chi connectivity index (χ4v) is 2.20. The van der Waals surface area contributed by atoms with Gasteiger partial charge in [0, 0.05) is 19.2 Å². The minimum Gasteiger partial charge on any atom is -0.453 e. The van der Waals surface area contributed by atoms with Gasteiger partial charge in [-0.05, 0) is 38.4 Å². The van der Waals surface area contributed by atoms with E-state index in [-0.39, 0.29) is 24.4 Å². The number of ether oxygens (including phenoxy) is 1. The van der Waals surface area contributed by atoms with Crippen molar-refractivity contribution in [3.8, 4) is 0 Å². The van der Waals surface area contributed by atoms with Crippen molar-refractivity contribution in [3.63, 3.8) is 0 Å². The molecule has 0 radical (unpaired) electrons. The molecule has 1 aromatic heterocycles. The van der Waals surface area contributed by atoms with E-state index < -0.39 is 0 Å². The Hall–Kier alpha value is -1.04. The molecule has 6 heteroatoms. The molecule has 0 aromatic carbocycles. The molecular weight excluding hydrogens is 268 g/mol. The van der Waals surface area contributed by atoms with Crippen LogP contribution in [0.5, 0.6) is 0 Å². The van der Waals surface area contributed by atoms with Crippen LogP contribution in [0.1, 0.15) is 36.1 Å². The number of methoxy groups -OCH3 is 1. The van der Waals surface area contributed by atoms with Crippen LogP contribution in [0.2, 0.25) is 0 Å². The average molecular weight is 289 g/mol. The highest BCUT2D eigenvalue weighted by Crippen LogP contribution is 2.12. The Balaban J connectivity index is 0.00000180. The summed E-state index contributed by atoms with van der Waals surface area (Å²) in [7, 11) is 1.59. The minimum atomic E-state index is -0.155. The molecule has 2 heterocycles. The Morgan fingerprint density at radius 3 is 3.05 bits per heavy atom. The van der Waals surface area contributed by atoms with Gasteiger partial charge in [-0.25, -0.2) is 0 Å². The van der Waals surface area contributed by atoms with Gasteiger partial charge in [0.25, 0.3) is 5.91 Å². The Labute approximate surface area is 119 Å². The first kappa shape index (κ1) is 16.0. The molecule has 1 aromatic rings. The molecule has 1 fully saturated rings. The van der Waals surface area contributed by atoms with Gasteiger partial charge in [-0.1, -0.05) is 0 Å². The smallest absolute Gasteiger partial charge is 0.287 e. The Kier molecular flexibility index (Phi) is 6.34. The van der Waals surface area contributed by atoms with Crippen LogP contribution in [0, 0.1) is 0 Å². The molecule has 2 unspecified atom stereocenters. The number of hydrogen-bond donors (Lipinski definition) is 2. The first-order valence-corrected chi connectivity index (χ1v) is 6.32. The third-order valence-electron chi connectivity index (χ3n) is 3.25. The number of rotatable bonds is 4. The molecule has 0 saturated carbocycles. The van der Waals surface area contributed by atoms with E-state index in [0.717, 1.165) is 19.4 Å². The molecule has 1 saturated heterocycles. The first-order valence-electron chi connectivity index (χ1n) is 6.32. The van der Waals surface area contributed by atoms with Crippen molar-refractivity contribution in [2.24, 2.45) is 0 Å². The van der Waals surface area contributed by atoms with Gasteiger partial charge in [0.1, 0.15) is 12.4 Å². The maximum Gasteiger partial charge on any atom is 0.287 e. The van der Waals surface area contributed by atoms with Crippen LogP contribution in [0.4, 0.5) is 0 Å². The summed E-state index contributed by atoms with van der Waals surface area (Å²) in [4.78, 5) is 12.0. The van der Waals surface area contributed by atoms with Crippen LogP contribution >= 0.6 is 12.4 Å². The largest absolute Gasteiger partial charge is 0.453 e. The average Bonchev–Trinajstić information content (AvgIpc) is 2.81. The molecule has 108 valence electrons. The molecule has 1 aliphatic rings. The van der Waals surface area contributed by atoms with Gasteiger partial charge in [-0.15, -0.1) is 12.4 Å². The summed E-state index contributed by atoms with van der Waals surface area (Å²) in [5.74, 6) is 0.857. The molecule has 1 aliphatic heterocycles. The molecule has 5 nitrogen and oxygen atoms in total. The third kappa shape index (κ3) is 4.23. The molecule has 1 amide bonds. The zero-order valence-corrected chi connectivity index (χ0v) is 12.1. The predicted octanol–water partition coefficient (Wildman–Crippen LogP) is 1.72. The van der Waals surface area contributed by atoms with Crippen LogP contribution in [0.15, 0.2) is 16.5 Å². The number of nitrogens with one attached hydrogen (secondary N) is 2. The van der Waals surface area contributed by atoms with Gasteiger partial charge in [-0.3, -0.25) is 4.79 Å². The number of furan rings is 1. The van der Waals surface area contributed by atoms with Gasteiger partial charge < -0.3 is 19.8 Å². The zero-order chi connectivity index (χ0) is 13.0. The summed E-state index contributed by atoms with van der Waals surface area (Å²) >= 11 is 0. The van der Waals surface area contributed by atoms with Crippen molar-refractivity contribution in [3.05, 3.63) is 23.7 Å². The van der Waals surface area contributed by atoms with E-state index in [1.165, 1.54) is 0 Å². The summed E-state index contributed by atoms with van der Waals surface area (Å²) in [5.41, 5.74) is 0. The lowest BCUT2D eigenvalue weighted by Crippen LogP contribution is -2.51. The highest BCUT2D eigenvalue weighted by Gasteiger charge is 2.23. The SMILES string of the molecule is COCc1ccc(C(=O)NC2CCCNC2C)o1.Cl. The fraction of sp³-hybridized carbons (Fsp3) is 0.615. The number of halogens is 1. The molecule has 0 spiro atoms. The van der Waals surface area contributed by atoms with Gasteiger partial charge in [0.05, 0.1) is 0 Å². The number of carbonyl (C=O) groups is 1. The summed E-state index contributed by atoms with van der Waals surface area (Å²) in [5, 5.41) is 6.35. The first-order chi connectivity index (χ1) is 8.70. The van der Waals surface area contributed by atoms with Crippen LogP contribution in [0.3, 0.4) is 0 Å². The topological polar surface area (TPSA) is 63.5 Å². The highest BCUT2D eigenvalue weighted by atomic mass is 35.5. The van der Waals surface area contributed by atoms with E-state index in [0.29, 0.717) is 24.2 Å². The van der Waals surface area contributed by atoms with Crippen molar-refractivity contribution in [1.29, 1.82) is 0 Å². The normalized spacial score (nSPS) is 22.6. The van der Waals surface area contributed by atoms with Crippen LogP contribution < -0.4 is 10.6 Å². The lowest BCUT2D eigenvalue weighted by atomic mass is 10.00. The van der Waals surface area contributed by atoms with E-state index in [2.05, 4.69) is 17.6 Å². The monoisotopic (exact) mass is 288 g/mol. The second-order valence-corrected chi connectivity index (χ2v) is 4.66. The summed E-state index contributed by atoms with van der Waals surface area (Å²) in [6.45, 7) is 3.49. The van der Waals surface area contributed by atoms with E-state index in [1.807, 2.05) is 0 Å². The molecule has 2 atom stereocenters. The molecule has 2 rings (SSSR count). The highest BCUT2D eigenvalue weighted by molar-refractivity contribution is 5.91. The number of carbonyl (C=O) groups excluding carboxylic acids is 1. The van der Waals surface area contributed by atoms with Crippen molar-refractivity contribution >= 4 is 18.3 Å². The minimum absolute atomic E-state index is 0. The molecule has 2 N–H and O–H groups in total. The lowest BCUT2D eigenvalue weighted by Gasteiger charge is -2.30. The number of amides is 1. The van der Waals surface area contributed by atoms with E-state index in [1.54, 1.807) is 19.2 Å². The Morgan fingerprint density at radius 1 is 1.58 bits per heavy atom. The number of piperidine rings is 1. The van der Waals surface area contributed by atoms with Crippen molar-refractivity contribution in [2.45, 2.75) is 38.5 Å². The van der Waals surface area contributed by atoms with Gasteiger partial charge in [0.15, 0.2) is 5.76 Å². The van der Waals surface area contributed by atoms with Crippen LogP contribution in [-0.2, 0) is 11.3 Å². The third-order valence-corrected chi connectivity index (χ3v) is 3.25. The Morgan fingerprint density at radius 2 is 2.37 bits per heavy atom. The van der Waals surface area contributed by atoms with Crippen LogP contribution in [-0.4, -0.2) is 31.6 Å². The second-order valence-electron chi connectivity index (χ2n) is 4.66. The number of hydrogen-bond acceptors (Lipinski definition) is 4. The standard InChI is InChI=1S/C13H20N2O3.ClH/c1-9-11(4-3-7-14-9)15-13(16)12-6-5-10(18-12)8-17-2;/h5-6,9,11,14H,3-4,7-8H2,1-2H3,(H,15,16);1H.